The Morgan fingerprint density at radius 2 is 1.85 bits per heavy atom. The largest absolute Gasteiger partial charge is 0.335 e. The third-order valence-corrected chi connectivity index (χ3v) is 5.96. The number of halogens is 1. The molecule has 5 nitrogen and oxygen atoms in total. The smallest absolute Gasteiger partial charge is 0.240 e. The van der Waals surface area contributed by atoms with Gasteiger partial charge in [0.1, 0.15) is 5.82 Å². The number of hydrogen-bond donors (Lipinski definition) is 1. The Morgan fingerprint density at radius 1 is 1.12 bits per heavy atom. The van der Waals surface area contributed by atoms with Crippen LogP contribution in [0.5, 0.6) is 0 Å². The molecule has 2 aromatic rings. The number of carbonyl (C=O) groups excluding carboxylic acids is 1. The van der Waals surface area contributed by atoms with E-state index in [1.165, 1.54) is 17.8 Å². The predicted octanol–water partition coefficient (Wildman–Crippen LogP) is 3.09. The van der Waals surface area contributed by atoms with Gasteiger partial charge in [0.25, 0.3) is 0 Å². The zero-order valence-corrected chi connectivity index (χ0v) is 15.1. The summed E-state index contributed by atoms with van der Waals surface area (Å²) in [5.74, 6) is 0.480. The number of nitrogens with one attached hydrogen (secondary N) is 1. The van der Waals surface area contributed by atoms with Crippen LogP contribution in [0.25, 0.3) is 0 Å². The van der Waals surface area contributed by atoms with Crippen LogP contribution in [0.4, 0.5) is 4.39 Å². The zero-order valence-electron chi connectivity index (χ0n) is 15.1. The van der Waals surface area contributed by atoms with E-state index in [1.807, 2.05) is 17.9 Å². The minimum absolute atomic E-state index is 0.0133. The molecule has 138 valence electrons. The highest BCUT2D eigenvalue weighted by molar-refractivity contribution is 5.84. The molecule has 0 saturated carbocycles. The van der Waals surface area contributed by atoms with Crippen molar-refractivity contribution in [3.05, 3.63) is 53.6 Å². The highest BCUT2D eigenvalue weighted by Gasteiger charge is 2.39. The normalized spacial score (nSPS) is 23.5. The standard InChI is InChI=1S/C20H25FN4O/c1-14(15-2-4-17(21)5-3-15)25-13-9-19(20(25)26)24-11-7-16(8-12-24)18-6-10-22-23-18/h2-6,10,14,16,19H,7-9,11-13H2,1H3,(H,22,23)/t14-,19+/m1/s1. The molecule has 1 aromatic heterocycles. The van der Waals surface area contributed by atoms with Crippen molar-refractivity contribution < 1.29 is 9.18 Å². The summed E-state index contributed by atoms with van der Waals surface area (Å²) in [6.07, 6.45) is 4.79. The third-order valence-electron chi connectivity index (χ3n) is 5.96. The van der Waals surface area contributed by atoms with Gasteiger partial charge in [0, 0.05) is 24.4 Å². The van der Waals surface area contributed by atoms with Crippen LogP contribution >= 0.6 is 0 Å². The van der Waals surface area contributed by atoms with Gasteiger partial charge in [-0.3, -0.25) is 14.8 Å². The van der Waals surface area contributed by atoms with E-state index in [0.717, 1.165) is 44.5 Å². The lowest BCUT2D eigenvalue weighted by molar-refractivity contribution is -0.134. The fraction of sp³-hybridized carbons (Fsp3) is 0.500. The van der Waals surface area contributed by atoms with Crippen molar-refractivity contribution in [2.75, 3.05) is 19.6 Å². The highest BCUT2D eigenvalue weighted by atomic mass is 19.1. The van der Waals surface area contributed by atoms with Crippen LogP contribution in [0.15, 0.2) is 36.5 Å². The number of aromatic amines is 1. The van der Waals surface area contributed by atoms with E-state index in [4.69, 9.17) is 0 Å². The van der Waals surface area contributed by atoms with E-state index in [-0.39, 0.29) is 23.8 Å². The molecule has 0 aliphatic carbocycles. The molecule has 1 amide bonds. The number of nitrogens with zero attached hydrogens (tertiary/aromatic N) is 3. The van der Waals surface area contributed by atoms with Gasteiger partial charge in [-0.2, -0.15) is 5.10 Å². The van der Waals surface area contributed by atoms with Crippen molar-refractivity contribution in [2.45, 2.75) is 44.2 Å². The molecule has 0 unspecified atom stereocenters. The third kappa shape index (κ3) is 3.26. The second-order valence-electron chi connectivity index (χ2n) is 7.39. The molecule has 2 saturated heterocycles. The number of rotatable bonds is 4. The molecule has 3 heterocycles. The Bertz CT molecular complexity index is 738. The summed E-state index contributed by atoms with van der Waals surface area (Å²) < 4.78 is 13.1. The monoisotopic (exact) mass is 356 g/mol. The fourth-order valence-corrected chi connectivity index (χ4v) is 4.35. The second kappa shape index (κ2) is 7.19. The van der Waals surface area contributed by atoms with Gasteiger partial charge < -0.3 is 4.90 Å². The maximum absolute atomic E-state index is 13.1. The van der Waals surface area contributed by atoms with Gasteiger partial charge >= 0.3 is 0 Å². The molecular formula is C20H25FN4O. The van der Waals surface area contributed by atoms with Crippen molar-refractivity contribution >= 4 is 5.91 Å². The Hall–Kier alpha value is -2.21. The van der Waals surface area contributed by atoms with Gasteiger partial charge in [-0.25, -0.2) is 4.39 Å². The number of aromatic nitrogens is 2. The van der Waals surface area contributed by atoms with Crippen molar-refractivity contribution in [3.63, 3.8) is 0 Å². The van der Waals surface area contributed by atoms with Crippen molar-refractivity contribution in [1.82, 2.24) is 20.0 Å². The molecule has 0 bridgehead atoms. The first-order chi connectivity index (χ1) is 12.6. The molecule has 26 heavy (non-hydrogen) atoms. The molecule has 1 N–H and O–H groups in total. The van der Waals surface area contributed by atoms with Crippen LogP contribution in [0.2, 0.25) is 0 Å². The van der Waals surface area contributed by atoms with Crippen LogP contribution in [0.1, 0.15) is 49.4 Å². The van der Waals surface area contributed by atoms with Gasteiger partial charge in [-0.05, 0) is 63.0 Å². The lowest BCUT2D eigenvalue weighted by atomic mass is 9.92. The number of carbonyl (C=O) groups is 1. The molecule has 2 fully saturated rings. The minimum atomic E-state index is -0.244. The minimum Gasteiger partial charge on any atom is -0.335 e. The van der Waals surface area contributed by atoms with Gasteiger partial charge in [-0.15, -0.1) is 0 Å². The van der Waals surface area contributed by atoms with Crippen molar-refractivity contribution in [1.29, 1.82) is 0 Å². The lowest BCUT2D eigenvalue weighted by Gasteiger charge is -2.35. The van der Waals surface area contributed by atoms with Gasteiger partial charge in [-0.1, -0.05) is 12.1 Å². The Labute approximate surface area is 153 Å². The molecule has 6 heteroatoms. The zero-order chi connectivity index (χ0) is 18.1. The predicted molar refractivity (Wildman–Crippen MR) is 97.1 cm³/mol. The summed E-state index contributed by atoms with van der Waals surface area (Å²) >= 11 is 0. The Balaban J connectivity index is 1.37. The quantitative estimate of drug-likeness (QED) is 0.916. The number of likely N-dealkylation sites (tertiary alicyclic amines) is 2. The van der Waals surface area contributed by atoms with Crippen LogP contribution in [0.3, 0.4) is 0 Å². The average molecular weight is 356 g/mol. The number of benzene rings is 1. The molecule has 2 aliphatic heterocycles. The molecule has 4 rings (SSSR count). The number of amides is 1. The Morgan fingerprint density at radius 3 is 2.50 bits per heavy atom. The number of hydrogen-bond acceptors (Lipinski definition) is 3. The summed E-state index contributed by atoms with van der Waals surface area (Å²) in [4.78, 5) is 17.3. The first kappa shape index (κ1) is 17.2. The second-order valence-corrected chi connectivity index (χ2v) is 7.39. The molecular weight excluding hydrogens is 331 g/mol. The first-order valence-corrected chi connectivity index (χ1v) is 9.43. The highest BCUT2D eigenvalue weighted by Crippen LogP contribution is 2.32. The summed E-state index contributed by atoms with van der Waals surface area (Å²) in [6.45, 7) is 4.68. The summed E-state index contributed by atoms with van der Waals surface area (Å²) in [5, 5.41) is 7.12. The van der Waals surface area contributed by atoms with Gasteiger partial charge in [0.2, 0.25) is 5.91 Å². The Kier molecular flexibility index (Phi) is 4.76. The van der Waals surface area contributed by atoms with Gasteiger partial charge in [0.05, 0.1) is 12.1 Å². The van der Waals surface area contributed by atoms with E-state index in [1.54, 1.807) is 18.3 Å². The van der Waals surface area contributed by atoms with Crippen LogP contribution in [0, 0.1) is 5.82 Å². The van der Waals surface area contributed by atoms with Crippen molar-refractivity contribution in [2.24, 2.45) is 0 Å². The molecule has 0 radical (unpaired) electrons. The number of piperidine rings is 1. The summed E-state index contributed by atoms with van der Waals surface area (Å²) in [7, 11) is 0. The lowest BCUT2D eigenvalue weighted by Crippen LogP contribution is -2.45. The van der Waals surface area contributed by atoms with E-state index >= 15 is 0 Å². The van der Waals surface area contributed by atoms with Crippen LogP contribution in [-0.2, 0) is 4.79 Å². The van der Waals surface area contributed by atoms with E-state index < -0.39 is 0 Å². The fourth-order valence-electron chi connectivity index (χ4n) is 4.35. The maximum atomic E-state index is 13.1. The van der Waals surface area contributed by atoms with Gasteiger partial charge in [0.15, 0.2) is 0 Å². The molecule has 2 aliphatic rings. The summed E-state index contributed by atoms with van der Waals surface area (Å²) in [5.41, 5.74) is 2.19. The van der Waals surface area contributed by atoms with E-state index in [2.05, 4.69) is 15.1 Å². The molecule has 2 atom stereocenters. The number of H-pyrrole nitrogens is 1. The van der Waals surface area contributed by atoms with E-state index in [0.29, 0.717) is 5.92 Å². The average Bonchev–Trinajstić information content (AvgIpc) is 3.32. The van der Waals surface area contributed by atoms with Crippen LogP contribution in [-0.4, -0.2) is 51.6 Å². The van der Waals surface area contributed by atoms with Crippen molar-refractivity contribution in [3.8, 4) is 0 Å². The SMILES string of the molecule is C[C@H](c1ccc(F)cc1)N1CC[C@H](N2CCC(c3ccn[nH]3)CC2)C1=O. The first-order valence-electron chi connectivity index (χ1n) is 9.43. The maximum Gasteiger partial charge on any atom is 0.240 e. The molecule has 1 aromatic carbocycles. The molecule has 0 spiro atoms. The summed E-state index contributed by atoms with van der Waals surface area (Å²) in [6, 6.07) is 8.49. The van der Waals surface area contributed by atoms with Crippen LogP contribution < -0.4 is 0 Å². The van der Waals surface area contributed by atoms with E-state index in [9.17, 15) is 9.18 Å². The topological polar surface area (TPSA) is 52.2 Å².